The van der Waals surface area contributed by atoms with Gasteiger partial charge in [-0.25, -0.2) is 0 Å². The Bertz CT molecular complexity index is 923. The highest BCUT2D eigenvalue weighted by Crippen LogP contribution is 2.36. The zero-order valence-corrected chi connectivity index (χ0v) is 15.3. The first-order valence-electron chi connectivity index (χ1n) is 9.13. The Morgan fingerprint density at radius 1 is 1.26 bits per heavy atom. The maximum atomic E-state index is 13.1. The number of para-hydroxylation sites is 1. The van der Waals surface area contributed by atoms with Gasteiger partial charge in [-0.05, 0) is 36.6 Å². The van der Waals surface area contributed by atoms with Crippen LogP contribution in [0.1, 0.15) is 30.1 Å². The maximum absolute atomic E-state index is 13.1. The van der Waals surface area contributed by atoms with Crippen LogP contribution >= 0.6 is 0 Å². The predicted molar refractivity (Wildman–Crippen MR) is 102 cm³/mol. The van der Waals surface area contributed by atoms with Crippen LogP contribution in [-0.2, 0) is 11.2 Å². The molecule has 1 aliphatic rings. The average molecular weight is 362 g/mol. The summed E-state index contributed by atoms with van der Waals surface area (Å²) in [6.07, 6.45) is 7.61. The van der Waals surface area contributed by atoms with Crippen molar-refractivity contribution in [2.24, 2.45) is 0 Å². The SMILES string of the molecule is COc1ccccc1CC(=O)N1CCCC1c1[nH]ncc1-c1ccncc1. The van der Waals surface area contributed by atoms with Crippen LogP contribution in [0.2, 0.25) is 0 Å². The van der Waals surface area contributed by atoms with E-state index in [9.17, 15) is 4.79 Å². The van der Waals surface area contributed by atoms with E-state index in [1.807, 2.05) is 47.5 Å². The van der Waals surface area contributed by atoms with Crippen LogP contribution in [0.15, 0.2) is 55.0 Å². The zero-order chi connectivity index (χ0) is 18.6. The normalized spacial score (nSPS) is 16.5. The van der Waals surface area contributed by atoms with Gasteiger partial charge in [0.2, 0.25) is 5.91 Å². The first-order valence-corrected chi connectivity index (χ1v) is 9.13. The lowest BCUT2D eigenvalue weighted by Gasteiger charge is -2.25. The Morgan fingerprint density at radius 3 is 2.89 bits per heavy atom. The Kier molecular flexibility index (Phi) is 4.87. The first kappa shape index (κ1) is 17.3. The molecule has 1 N–H and O–H groups in total. The van der Waals surface area contributed by atoms with Gasteiger partial charge in [-0.1, -0.05) is 18.2 Å². The van der Waals surface area contributed by atoms with Gasteiger partial charge in [0.15, 0.2) is 0 Å². The molecule has 2 aromatic heterocycles. The van der Waals surface area contributed by atoms with E-state index in [4.69, 9.17) is 4.74 Å². The number of H-pyrrole nitrogens is 1. The fraction of sp³-hybridized carbons (Fsp3) is 0.286. The minimum absolute atomic E-state index is 0.0119. The summed E-state index contributed by atoms with van der Waals surface area (Å²) in [6, 6.07) is 11.6. The predicted octanol–water partition coefficient (Wildman–Crippen LogP) is 3.39. The van der Waals surface area contributed by atoms with Crippen molar-refractivity contribution in [2.45, 2.75) is 25.3 Å². The third-order valence-corrected chi connectivity index (χ3v) is 5.10. The molecular weight excluding hydrogens is 340 g/mol. The lowest BCUT2D eigenvalue weighted by atomic mass is 10.0. The third-order valence-electron chi connectivity index (χ3n) is 5.10. The highest BCUT2D eigenvalue weighted by molar-refractivity contribution is 5.80. The molecule has 1 aliphatic heterocycles. The number of likely N-dealkylation sites (tertiary alicyclic amines) is 1. The second-order valence-corrected chi connectivity index (χ2v) is 6.67. The molecule has 4 rings (SSSR count). The second-order valence-electron chi connectivity index (χ2n) is 6.67. The summed E-state index contributed by atoms with van der Waals surface area (Å²) in [6.45, 7) is 0.757. The van der Waals surface area contributed by atoms with Crippen molar-refractivity contribution in [2.75, 3.05) is 13.7 Å². The van der Waals surface area contributed by atoms with E-state index in [1.165, 1.54) is 0 Å². The van der Waals surface area contributed by atoms with Crippen LogP contribution in [0.4, 0.5) is 0 Å². The third kappa shape index (κ3) is 3.43. The number of carbonyl (C=O) groups is 1. The number of rotatable bonds is 5. The first-order chi connectivity index (χ1) is 13.3. The summed E-state index contributed by atoms with van der Waals surface area (Å²) in [5.41, 5.74) is 3.99. The van der Waals surface area contributed by atoms with E-state index >= 15 is 0 Å². The summed E-state index contributed by atoms with van der Waals surface area (Å²) in [5, 5.41) is 7.37. The standard InChI is InChI=1S/C21H22N4O2/c1-27-19-7-3-2-5-16(19)13-20(26)25-12-4-6-18(25)21-17(14-23-24-21)15-8-10-22-11-9-15/h2-3,5,7-11,14,18H,4,6,12-13H2,1H3,(H,23,24). The molecule has 138 valence electrons. The van der Waals surface area contributed by atoms with Gasteiger partial charge in [-0.2, -0.15) is 5.10 Å². The highest BCUT2D eigenvalue weighted by atomic mass is 16.5. The molecule has 1 unspecified atom stereocenters. The van der Waals surface area contributed by atoms with Crippen LogP contribution in [-0.4, -0.2) is 39.6 Å². The van der Waals surface area contributed by atoms with E-state index in [2.05, 4.69) is 15.2 Å². The lowest BCUT2D eigenvalue weighted by molar-refractivity contribution is -0.131. The van der Waals surface area contributed by atoms with Crippen molar-refractivity contribution in [1.82, 2.24) is 20.1 Å². The van der Waals surface area contributed by atoms with Crippen molar-refractivity contribution in [1.29, 1.82) is 0 Å². The van der Waals surface area contributed by atoms with Crippen molar-refractivity contribution in [3.8, 4) is 16.9 Å². The van der Waals surface area contributed by atoms with E-state index in [0.29, 0.717) is 6.42 Å². The Morgan fingerprint density at radius 2 is 2.07 bits per heavy atom. The fourth-order valence-electron chi connectivity index (χ4n) is 3.79. The fourth-order valence-corrected chi connectivity index (χ4v) is 3.79. The van der Waals surface area contributed by atoms with Gasteiger partial charge in [0.05, 0.1) is 31.5 Å². The van der Waals surface area contributed by atoms with Gasteiger partial charge in [0, 0.05) is 30.1 Å². The van der Waals surface area contributed by atoms with Crippen molar-refractivity contribution < 1.29 is 9.53 Å². The molecule has 1 saturated heterocycles. The molecule has 0 saturated carbocycles. The summed E-state index contributed by atoms with van der Waals surface area (Å²) >= 11 is 0. The highest BCUT2D eigenvalue weighted by Gasteiger charge is 2.33. The summed E-state index contributed by atoms with van der Waals surface area (Å²) in [5.74, 6) is 0.859. The number of nitrogens with one attached hydrogen (secondary N) is 1. The molecule has 0 bridgehead atoms. The number of aromatic amines is 1. The number of nitrogens with zero attached hydrogens (tertiary/aromatic N) is 3. The smallest absolute Gasteiger partial charge is 0.227 e. The monoisotopic (exact) mass is 362 g/mol. The van der Waals surface area contributed by atoms with Crippen molar-refractivity contribution >= 4 is 5.91 Å². The van der Waals surface area contributed by atoms with Gasteiger partial charge in [0.25, 0.3) is 0 Å². The zero-order valence-electron chi connectivity index (χ0n) is 15.3. The number of carbonyl (C=O) groups excluding carboxylic acids is 1. The molecule has 27 heavy (non-hydrogen) atoms. The Balaban J connectivity index is 1.58. The maximum Gasteiger partial charge on any atom is 0.227 e. The molecule has 3 heterocycles. The van der Waals surface area contributed by atoms with Gasteiger partial charge < -0.3 is 9.64 Å². The molecule has 6 heteroatoms. The van der Waals surface area contributed by atoms with E-state index in [-0.39, 0.29) is 11.9 Å². The van der Waals surface area contributed by atoms with Gasteiger partial charge in [-0.15, -0.1) is 0 Å². The molecule has 0 spiro atoms. The van der Waals surface area contributed by atoms with Crippen LogP contribution in [0.3, 0.4) is 0 Å². The number of methoxy groups -OCH3 is 1. The topological polar surface area (TPSA) is 71.1 Å². The van der Waals surface area contributed by atoms with Crippen LogP contribution in [0, 0.1) is 0 Å². The minimum Gasteiger partial charge on any atom is -0.496 e. The average Bonchev–Trinajstić information content (AvgIpc) is 3.38. The van der Waals surface area contributed by atoms with Crippen LogP contribution in [0.25, 0.3) is 11.1 Å². The number of pyridine rings is 1. The number of hydrogen-bond acceptors (Lipinski definition) is 4. The molecule has 3 aromatic rings. The number of hydrogen-bond donors (Lipinski definition) is 1. The minimum atomic E-state index is 0.0119. The molecule has 1 amide bonds. The van der Waals surface area contributed by atoms with E-state index < -0.39 is 0 Å². The summed E-state index contributed by atoms with van der Waals surface area (Å²) in [7, 11) is 1.63. The molecular formula is C21H22N4O2. The molecule has 1 atom stereocenters. The molecule has 1 fully saturated rings. The summed E-state index contributed by atoms with van der Waals surface area (Å²) in [4.78, 5) is 19.1. The number of aromatic nitrogens is 3. The molecule has 0 aliphatic carbocycles. The Hall–Kier alpha value is -3.15. The van der Waals surface area contributed by atoms with E-state index in [1.54, 1.807) is 19.5 Å². The van der Waals surface area contributed by atoms with Crippen molar-refractivity contribution in [3.63, 3.8) is 0 Å². The molecule has 6 nitrogen and oxygen atoms in total. The number of ether oxygens (including phenoxy) is 1. The van der Waals surface area contributed by atoms with E-state index in [0.717, 1.165) is 47.5 Å². The van der Waals surface area contributed by atoms with Crippen LogP contribution < -0.4 is 4.74 Å². The van der Waals surface area contributed by atoms with Crippen molar-refractivity contribution in [3.05, 3.63) is 66.2 Å². The number of amides is 1. The van der Waals surface area contributed by atoms with Crippen LogP contribution in [0.5, 0.6) is 5.75 Å². The van der Waals surface area contributed by atoms with Gasteiger partial charge >= 0.3 is 0 Å². The largest absolute Gasteiger partial charge is 0.496 e. The second kappa shape index (κ2) is 7.61. The number of benzene rings is 1. The van der Waals surface area contributed by atoms with Gasteiger partial charge in [-0.3, -0.25) is 14.9 Å². The lowest BCUT2D eigenvalue weighted by Crippen LogP contribution is -2.32. The summed E-state index contributed by atoms with van der Waals surface area (Å²) < 4.78 is 5.39. The Labute approximate surface area is 158 Å². The van der Waals surface area contributed by atoms with Gasteiger partial charge in [0.1, 0.15) is 5.75 Å². The molecule has 1 aromatic carbocycles. The quantitative estimate of drug-likeness (QED) is 0.755. The molecule has 0 radical (unpaired) electrons.